The van der Waals surface area contributed by atoms with Gasteiger partial charge in [0.2, 0.25) is 5.91 Å². The molecule has 3 aromatic rings. The average molecular weight is 400 g/mol. The second-order valence-corrected chi connectivity index (χ2v) is 7.21. The third-order valence-corrected chi connectivity index (χ3v) is 5.66. The molecule has 28 heavy (non-hydrogen) atoms. The van der Waals surface area contributed by atoms with Gasteiger partial charge in [-0.2, -0.15) is 0 Å². The van der Waals surface area contributed by atoms with Gasteiger partial charge in [0.05, 0.1) is 24.0 Å². The molecule has 1 N–H and O–H groups in total. The monoisotopic (exact) mass is 399 g/mol. The van der Waals surface area contributed by atoms with Crippen LogP contribution < -0.4 is 4.74 Å². The van der Waals surface area contributed by atoms with E-state index in [2.05, 4.69) is 0 Å². The van der Waals surface area contributed by atoms with Crippen molar-refractivity contribution in [1.82, 2.24) is 4.90 Å². The number of thioether (sulfide) groups is 1. The molecule has 1 amide bonds. The molecule has 5 nitrogen and oxygen atoms in total. The van der Waals surface area contributed by atoms with E-state index in [-0.39, 0.29) is 11.7 Å². The van der Waals surface area contributed by atoms with Gasteiger partial charge in [-0.15, -0.1) is 11.8 Å². The summed E-state index contributed by atoms with van der Waals surface area (Å²) in [5.74, 6) is 1.17. The zero-order valence-corrected chi connectivity index (χ0v) is 17.4. The molecular weight excluding hydrogens is 374 g/mol. The molecule has 148 valence electrons. The van der Waals surface area contributed by atoms with E-state index in [9.17, 15) is 9.90 Å². The molecule has 0 spiro atoms. The molecule has 0 saturated carbocycles. The first-order valence-electron chi connectivity index (χ1n) is 9.27. The lowest BCUT2D eigenvalue weighted by Crippen LogP contribution is -2.31. The number of amides is 1. The first kappa shape index (κ1) is 20.1. The minimum Gasteiger partial charge on any atom is -0.504 e. The maximum absolute atomic E-state index is 12.5. The summed E-state index contributed by atoms with van der Waals surface area (Å²) in [5, 5.41) is 11.5. The summed E-state index contributed by atoms with van der Waals surface area (Å²) in [6.45, 7) is 5.38. The largest absolute Gasteiger partial charge is 0.504 e. The van der Waals surface area contributed by atoms with Crippen molar-refractivity contribution in [1.29, 1.82) is 0 Å². The Morgan fingerprint density at radius 2 is 1.96 bits per heavy atom. The van der Waals surface area contributed by atoms with Gasteiger partial charge < -0.3 is 19.2 Å². The van der Waals surface area contributed by atoms with Crippen molar-refractivity contribution in [2.75, 3.05) is 26.5 Å². The highest BCUT2D eigenvalue weighted by Gasteiger charge is 2.21. The number of phenolic OH excluding ortho intramolecular Hbond substituents is 1. The van der Waals surface area contributed by atoms with Crippen LogP contribution in [0, 0.1) is 0 Å². The van der Waals surface area contributed by atoms with Crippen LogP contribution in [0.15, 0.2) is 45.7 Å². The van der Waals surface area contributed by atoms with Crippen LogP contribution in [0.1, 0.15) is 19.4 Å². The highest BCUT2D eigenvalue weighted by atomic mass is 32.2. The number of nitrogens with zero attached hydrogens (tertiary/aromatic N) is 1. The van der Waals surface area contributed by atoms with E-state index in [1.807, 2.05) is 49.3 Å². The fourth-order valence-corrected chi connectivity index (χ4v) is 4.06. The molecule has 0 aliphatic heterocycles. The number of likely N-dealkylation sites (N-methyl/N-ethyl adjacent to an activating group) is 1. The summed E-state index contributed by atoms with van der Waals surface area (Å²) in [4.78, 5) is 15.2. The standard InChI is InChI=1S/C22H25NO4S/c1-5-23(6-2)19(24)13-14-10-11-17-16(12-14)22(28-4)21(27-17)15-8-7-9-18(26-3)20(15)25/h7-12,25H,5-6,13H2,1-4H3. The number of ether oxygens (including phenoxy) is 1. The van der Waals surface area contributed by atoms with Gasteiger partial charge in [0.15, 0.2) is 17.3 Å². The summed E-state index contributed by atoms with van der Waals surface area (Å²) in [6.07, 6.45) is 2.33. The van der Waals surface area contributed by atoms with Crippen molar-refractivity contribution in [2.24, 2.45) is 0 Å². The molecular formula is C22H25NO4S. The number of hydrogen-bond donors (Lipinski definition) is 1. The van der Waals surface area contributed by atoms with Crippen molar-refractivity contribution >= 4 is 28.6 Å². The molecule has 1 aromatic heterocycles. The molecule has 2 aromatic carbocycles. The zero-order chi connectivity index (χ0) is 20.3. The van der Waals surface area contributed by atoms with Crippen LogP contribution in [0.2, 0.25) is 0 Å². The van der Waals surface area contributed by atoms with Gasteiger partial charge in [-0.25, -0.2) is 0 Å². The van der Waals surface area contributed by atoms with E-state index >= 15 is 0 Å². The molecule has 0 bridgehead atoms. The Bertz CT molecular complexity index is 992. The normalized spacial score (nSPS) is 11.0. The third kappa shape index (κ3) is 3.69. The summed E-state index contributed by atoms with van der Waals surface area (Å²) in [6, 6.07) is 11.1. The lowest BCUT2D eigenvalue weighted by molar-refractivity contribution is -0.130. The Labute approximate surface area is 169 Å². The van der Waals surface area contributed by atoms with E-state index in [1.165, 1.54) is 7.11 Å². The predicted molar refractivity (Wildman–Crippen MR) is 113 cm³/mol. The lowest BCUT2D eigenvalue weighted by Gasteiger charge is -2.18. The Balaban J connectivity index is 2.05. The molecule has 0 radical (unpaired) electrons. The Morgan fingerprint density at radius 1 is 1.21 bits per heavy atom. The molecule has 0 fully saturated rings. The summed E-state index contributed by atoms with van der Waals surface area (Å²) in [5.41, 5.74) is 2.25. The number of methoxy groups -OCH3 is 1. The lowest BCUT2D eigenvalue weighted by atomic mass is 10.1. The SMILES string of the molecule is CCN(CC)C(=O)Cc1ccc2oc(-c3cccc(OC)c3O)c(SC)c2c1. The van der Waals surface area contributed by atoms with E-state index in [4.69, 9.17) is 9.15 Å². The van der Waals surface area contributed by atoms with Crippen LogP contribution in [-0.2, 0) is 11.2 Å². The molecule has 6 heteroatoms. The van der Waals surface area contributed by atoms with Crippen molar-refractivity contribution < 1.29 is 19.1 Å². The maximum atomic E-state index is 12.5. The number of benzene rings is 2. The van der Waals surface area contributed by atoms with Crippen LogP contribution in [0.5, 0.6) is 11.5 Å². The zero-order valence-electron chi connectivity index (χ0n) is 16.6. The topological polar surface area (TPSA) is 62.9 Å². The molecule has 1 heterocycles. The molecule has 0 aliphatic carbocycles. The number of carbonyl (C=O) groups is 1. The molecule has 3 rings (SSSR count). The summed E-state index contributed by atoms with van der Waals surface area (Å²) < 4.78 is 11.3. The number of hydrogen-bond acceptors (Lipinski definition) is 5. The van der Waals surface area contributed by atoms with E-state index in [1.54, 1.807) is 23.9 Å². The van der Waals surface area contributed by atoms with Gasteiger partial charge in [-0.3, -0.25) is 4.79 Å². The van der Waals surface area contributed by atoms with Gasteiger partial charge in [-0.1, -0.05) is 12.1 Å². The van der Waals surface area contributed by atoms with Gasteiger partial charge >= 0.3 is 0 Å². The molecule has 0 atom stereocenters. The van der Waals surface area contributed by atoms with Crippen LogP contribution in [0.4, 0.5) is 0 Å². The van der Waals surface area contributed by atoms with Crippen LogP contribution in [0.3, 0.4) is 0 Å². The molecule has 0 unspecified atom stereocenters. The van der Waals surface area contributed by atoms with Gasteiger partial charge in [0.25, 0.3) is 0 Å². The smallest absolute Gasteiger partial charge is 0.226 e. The Morgan fingerprint density at radius 3 is 2.61 bits per heavy atom. The van der Waals surface area contributed by atoms with Crippen LogP contribution >= 0.6 is 11.8 Å². The molecule has 0 aliphatic rings. The van der Waals surface area contributed by atoms with E-state index < -0.39 is 0 Å². The fourth-order valence-electron chi connectivity index (χ4n) is 3.35. The highest BCUT2D eigenvalue weighted by Crippen LogP contribution is 2.45. The summed E-state index contributed by atoms with van der Waals surface area (Å²) >= 11 is 1.55. The van der Waals surface area contributed by atoms with Crippen molar-refractivity contribution in [3.05, 3.63) is 42.0 Å². The second-order valence-electron chi connectivity index (χ2n) is 6.39. The third-order valence-electron chi connectivity index (χ3n) is 4.85. The number of phenols is 1. The van der Waals surface area contributed by atoms with Gasteiger partial charge in [0, 0.05) is 18.5 Å². The van der Waals surface area contributed by atoms with Crippen molar-refractivity contribution in [3.63, 3.8) is 0 Å². The van der Waals surface area contributed by atoms with Crippen LogP contribution in [0.25, 0.3) is 22.3 Å². The predicted octanol–water partition coefficient (Wildman–Crippen LogP) is 4.95. The Hall–Kier alpha value is -2.60. The first-order valence-corrected chi connectivity index (χ1v) is 10.5. The van der Waals surface area contributed by atoms with Gasteiger partial charge in [-0.05, 0) is 49.9 Å². The van der Waals surface area contributed by atoms with E-state index in [0.29, 0.717) is 36.6 Å². The average Bonchev–Trinajstić information content (AvgIpc) is 3.06. The highest BCUT2D eigenvalue weighted by molar-refractivity contribution is 7.99. The van der Waals surface area contributed by atoms with Gasteiger partial charge in [0.1, 0.15) is 5.58 Å². The minimum absolute atomic E-state index is 0.0521. The summed E-state index contributed by atoms with van der Waals surface area (Å²) in [7, 11) is 1.52. The van der Waals surface area contributed by atoms with Crippen LogP contribution in [-0.4, -0.2) is 42.4 Å². The number of para-hydroxylation sites is 1. The minimum atomic E-state index is 0.0521. The molecule has 0 saturated heterocycles. The first-order chi connectivity index (χ1) is 13.5. The van der Waals surface area contributed by atoms with E-state index in [0.717, 1.165) is 21.4 Å². The quantitative estimate of drug-likeness (QED) is 0.570. The Kier molecular flexibility index (Phi) is 6.19. The second kappa shape index (κ2) is 8.61. The number of fused-ring (bicyclic) bond motifs is 1. The van der Waals surface area contributed by atoms with Crippen molar-refractivity contribution in [3.8, 4) is 22.8 Å². The number of furan rings is 1. The number of carbonyl (C=O) groups excluding carboxylic acids is 1. The fraction of sp³-hybridized carbons (Fsp3) is 0.318. The number of rotatable bonds is 7. The number of aromatic hydroxyl groups is 1. The van der Waals surface area contributed by atoms with Crippen molar-refractivity contribution in [2.45, 2.75) is 25.2 Å². The maximum Gasteiger partial charge on any atom is 0.226 e.